The number of hydrogen-bond donors (Lipinski definition) is 2. The van der Waals surface area contributed by atoms with Gasteiger partial charge in [0.15, 0.2) is 0 Å². The summed E-state index contributed by atoms with van der Waals surface area (Å²) < 4.78 is 11.3. The van der Waals surface area contributed by atoms with Crippen LogP contribution in [-0.2, 0) is 36.7 Å². The lowest BCUT2D eigenvalue weighted by molar-refractivity contribution is -0.159. The second kappa shape index (κ2) is 18.9. The number of benzene rings is 3. The molecule has 2 N–H and O–H groups in total. The minimum absolute atomic E-state index is 0.165. The van der Waals surface area contributed by atoms with Gasteiger partial charge in [-0.2, -0.15) is 0 Å². The summed E-state index contributed by atoms with van der Waals surface area (Å²) in [6.45, 7) is 16.8. The van der Waals surface area contributed by atoms with E-state index in [1.807, 2.05) is 72.8 Å². The number of amides is 3. The van der Waals surface area contributed by atoms with Crippen molar-refractivity contribution in [3.63, 3.8) is 0 Å². The fourth-order valence-corrected chi connectivity index (χ4v) is 5.59. The van der Waals surface area contributed by atoms with Crippen molar-refractivity contribution in [1.29, 1.82) is 0 Å². The number of rotatable bonds is 16. The number of ether oxygens (including phenoxy) is 2. The van der Waals surface area contributed by atoms with Crippen molar-refractivity contribution in [1.82, 2.24) is 15.5 Å². The molecule has 3 amide bonds. The van der Waals surface area contributed by atoms with Gasteiger partial charge in [-0.15, -0.1) is 0 Å². The van der Waals surface area contributed by atoms with E-state index in [4.69, 9.17) is 9.47 Å². The lowest BCUT2D eigenvalue weighted by Gasteiger charge is -2.35. The molecular formula is C42H55N3O6. The van der Waals surface area contributed by atoms with E-state index in [1.165, 1.54) is 4.90 Å². The predicted octanol–water partition coefficient (Wildman–Crippen LogP) is 7.59. The molecule has 0 aliphatic rings. The average molecular weight is 698 g/mol. The quantitative estimate of drug-likeness (QED) is 0.118. The molecule has 0 saturated carbocycles. The minimum atomic E-state index is -1.16. The Morgan fingerprint density at radius 3 is 1.84 bits per heavy atom. The van der Waals surface area contributed by atoms with Gasteiger partial charge in [-0.05, 0) is 76.3 Å². The summed E-state index contributed by atoms with van der Waals surface area (Å²) in [6, 6.07) is 22.7. The molecule has 0 fully saturated rings. The lowest BCUT2D eigenvalue weighted by atomic mass is 9.97. The van der Waals surface area contributed by atoms with Gasteiger partial charge >= 0.3 is 12.1 Å². The van der Waals surface area contributed by atoms with Crippen LogP contribution in [-0.4, -0.2) is 58.6 Å². The fourth-order valence-electron chi connectivity index (χ4n) is 5.59. The van der Waals surface area contributed by atoms with Crippen molar-refractivity contribution in [3.8, 4) is 0 Å². The van der Waals surface area contributed by atoms with E-state index >= 15 is 0 Å². The van der Waals surface area contributed by atoms with Crippen molar-refractivity contribution in [3.05, 3.63) is 114 Å². The Morgan fingerprint density at radius 2 is 1.31 bits per heavy atom. The first-order valence-corrected chi connectivity index (χ1v) is 17.7. The maximum Gasteiger partial charge on any atom is 0.408 e. The van der Waals surface area contributed by atoms with Crippen LogP contribution in [0.25, 0.3) is 6.08 Å². The Labute approximate surface area is 303 Å². The molecule has 3 rings (SSSR count). The van der Waals surface area contributed by atoms with Gasteiger partial charge in [0.2, 0.25) is 11.8 Å². The predicted molar refractivity (Wildman–Crippen MR) is 202 cm³/mol. The zero-order valence-corrected chi connectivity index (χ0v) is 31.2. The first kappa shape index (κ1) is 40.5. The van der Waals surface area contributed by atoms with Gasteiger partial charge in [0.05, 0.1) is 0 Å². The SMILES string of the molecule is C=Cc1cccc(C(C(=O)NC(Cc2ccccc2)C(=O)OC(C)(C)C)N(CCCCC)C(=O)C(Cc2ccccc2)NC(=O)OC(C)(C)C)c1. The topological polar surface area (TPSA) is 114 Å². The van der Waals surface area contributed by atoms with Gasteiger partial charge in [-0.25, -0.2) is 9.59 Å². The third kappa shape index (κ3) is 13.7. The summed E-state index contributed by atoms with van der Waals surface area (Å²) in [6.07, 6.45) is 3.57. The van der Waals surface area contributed by atoms with Crippen molar-refractivity contribution < 1.29 is 28.7 Å². The molecular weight excluding hydrogens is 642 g/mol. The van der Waals surface area contributed by atoms with Crippen molar-refractivity contribution in [2.45, 2.75) is 110 Å². The molecule has 0 aliphatic heterocycles. The molecule has 9 heteroatoms. The molecule has 3 unspecified atom stereocenters. The number of hydrogen-bond acceptors (Lipinski definition) is 6. The van der Waals surface area contributed by atoms with E-state index in [0.717, 1.165) is 29.5 Å². The highest BCUT2D eigenvalue weighted by Crippen LogP contribution is 2.26. The number of alkyl carbamates (subject to hydrolysis) is 1. The van der Waals surface area contributed by atoms with Gasteiger partial charge in [-0.3, -0.25) is 9.59 Å². The van der Waals surface area contributed by atoms with Gasteiger partial charge in [0.25, 0.3) is 0 Å². The average Bonchev–Trinajstić information content (AvgIpc) is 3.06. The van der Waals surface area contributed by atoms with Crippen LogP contribution >= 0.6 is 0 Å². The van der Waals surface area contributed by atoms with Crippen LogP contribution in [0.3, 0.4) is 0 Å². The molecule has 0 aromatic heterocycles. The van der Waals surface area contributed by atoms with Crippen LogP contribution in [0, 0.1) is 0 Å². The molecule has 0 bridgehead atoms. The molecule has 51 heavy (non-hydrogen) atoms. The number of carbonyl (C=O) groups is 4. The van der Waals surface area contributed by atoms with Crippen molar-refractivity contribution in [2.24, 2.45) is 0 Å². The molecule has 9 nitrogen and oxygen atoms in total. The van der Waals surface area contributed by atoms with E-state index in [1.54, 1.807) is 59.8 Å². The van der Waals surface area contributed by atoms with Crippen LogP contribution in [0.1, 0.15) is 96.0 Å². The molecule has 3 atom stereocenters. The molecule has 0 heterocycles. The summed E-state index contributed by atoms with van der Waals surface area (Å²) in [5.41, 5.74) is 1.35. The minimum Gasteiger partial charge on any atom is -0.458 e. The second-order valence-corrected chi connectivity index (χ2v) is 14.7. The highest BCUT2D eigenvalue weighted by Gasteiger charge is 2.38. The zero-order chi connectivity index (χ0) is 37.6. The van der Waals surface area contributed by atoms with E-state index in [0.29, 0.717) is 12.0 Å². The Bertz CT molecular complexity index is 1590. The van der Waals surface area contributed by atoms with E-state index in [-0.39, 0.29) is 19.4 Å². The lowest BCUT2D eigenvalue weighted by Crippen LogP contribution is -2.55. The number of nitrogens with one attached hydrogen (secondary N) is 2. The number of unbranched alkanes of at least 4 members (excludes halogenated alkanes) is 2. The first-order valence-electron chi connectivity index (χ1n) is 17.7. The zero-order valence-electron chi connectivity index (χ0n) is 31.2. The van der Waals surface area contributed by atoms with Crippen molar-refractivity contribution >= 4 is 30.0 Å². The summed E-state index contributed by atoms with van der Waals surface area (Å²) in [7, 11) is 0. The normalized spacial score (nSPS) is 13.2. The van der Waals surface area contributed by atoms with Crippen LogP contribution in [0.2, 0.25) is 0 Å². The second-order valence-electron chi connectivity index (χ2n) is 14.7. The third-order valence-corrected chi connectivity index (χ3v) is 7.87. The summed E-state index contributed by atoms with van der Waals surface area (Å²) in [5.74, 6) is -1.60. The highest BCUT2D eigenvalue weighted by molar-refractivity contribution is 5.94. The van der Waals surface area contributed by atoms with E-state index < -0.39 is 53.2 Å². The molecule has 0 spiro atoms. The number of nitrogens with zero attached hydrogens (tertiary/aromatic N) is 1. The molecule has 274 valence electrons. The first-order chi connectivity index (χ1) is 24.1. The highest BCUT2D eigenvalue weighted by atomic mass is 16.6. The maximum atomic E-state index is 14.9. The van der Waals surface area contributed by atoms with Gasteiger partial charge < -0.3 is 25.0 Å². The monoisotopic (exact) mass is 697 g/mol. The molecule has 0 saturated heterocycles. The Hall–Kier alpha value is -4.92. The molecule has 3 aromatic rings. The summed E-state index contributed by atoms with van der Waals surface area (Å²) in [5, 5.41) is 5.77. The third-order valence-electron chi connectivity index (χ3n) is 7.87. The fraction of sp³-hybridized carbons (Fsp3) is 0.429. The van der Waals surface area contributed by atoms with Crippen LogP contribution in [0.4, 0.5) is 4.79 Å². The Morgan fingerprint density at radius 1 is 0.745 bits per heavy atom. The van der Waals surface area contributed by atoms with Crippen LogP contribution in [0.5, 0.6) is 0 Å². The summed E-state index contributed by atoms with van der Waals surface area (Å²) >= 11 is 0. The van der Waals surface area contributed by atoms with Crippen molar-refractivity contribution in [2.75, 3.05) is 6.54 Å². The van der Waals surface area contributed by atoms with Gasteiger partial charge in [0, 0.05) is 19.4 Å². The maximum absolute atomic E-state index is 14.9. The number of esters is 1. The smallest absolute Gasteiger partial charge is 0.408 e. The van der Waals surface area contributed by atoms with Gasteiger partial charge in [-0.1, -0.05) is 111 Å². The van der Waals surface area contributed by atoms with Crippen LogP contribution < -0.4 is 10.6 Å². The molecule has 3 aromatic carbocycles. The number of carbonyl (C=O) groups excluding carboxylic acids is 4. The van der Waals surface area contributed by atoms with Gasteiger partial charge in [0.1, 0.15) is 29.3 Å². The largest absolute Gasteiger partial charge is 0.458 e. The summed E-state index contributed by atoms with van der Waals surface area (Å²) in [4.78, 5) is 57.9. The van der Waals surface area contributed by atoms with E-state index in [9.17, 15) is 19.2 Å². The standard InChI is InChI=1S/C42H55N3O6/c1-9-11-18-26-45(38(47)34(28-31-20-14-12-15-21-31)44-40(49)51-42(6,7)8)36(33-25-19-24-30(10-2)27-33)37(46)43-35(39(48)50-41(3,4)5)29-32-22-16-13-17-23-32/h10,12-17,19-25,27,34-36H,2,9,11,18,26,28-29H2,1,3-8H3,(H,43,46)(H,44,49). The van der Waals surface area contributed by atoms with E-state index in [2.05, 4.69) is 24.1 Å². The Balaban J connectivity index is 2.14. The molecule has 0 radical (unpaired) electrons. The Kier molecular flexibility index (Phi) is 15.0. The van der Waals surface area contributed by atoms with Crippen LogP contribution in [0.15, 0.2) is 91.5 Å². The molecule has 0 aliphatic carbocycles.